The van der Waals surface area contributed by atoms with E-state index in [0.29, 0.717) is 12.2 Å². The van der Waals surface area contributed by atoms with E-state index in [-0.39, 0.29) is 17.5 Å². The van der Waals surface area contributed by atoms with Gasteiger partial charge in [-0.2, -0.15) is 0 Å². The van der Waals surface area contributed by atoms with Gasteiger partial charge in [-0.15, -0.1) is 0 Å². The zero-order valence-electron chi connectivity index (χ0n) is 11.5. The summed E-state index contributed by atoms with van der Waals surface area (Å²) < 4.78 is 0. The van der Waals surface area contributed by atoms with Gasteiger partial charge < -0.3 is 15.3 Å². The molecule has 1 aromatic heterocycles. The van der Waals surface area contributed by atoms with Crippen molar-refractivity contribution in [2.24, 2.45) is 0 Å². The van der Waals surface area contributed by atoms with Gasteiger partial charge in [0.1, 0.15) is 6.04 Å². The maximum atomic E-state index is 11.9. The van der Waals surface area contributed by atoms with E-state index >= 15 is 0 Å². The van der Waals surface area contributed by atoms with Crippen molar-refractivity contribution in [2.45, 2.75) is 26.8 Å². The highest BCUT2D eigenvalue weighted by Crippen LogP contribution is 2.07. The number of hydrogen-bond acceptors (Lipinski definition) is 5. The molecule has 7 nitrogen and oxygen atoms in total. The number of carboxylic acid groups (broad SMARTS) is 1. The Morgan fingerprint density at radius 1 is 1.47 bits per heavy atom. The summed E-state index contributed by atoms with van der Waals surface area (Å²) in [6, 6.07) is 0.853. The molecule has 7 heteroatoms. The van der Waals surface area contributed by atoms with Gasteiger partial charge in [0.05, 0.1) is 0 Å². The molecule has 1 amide bonds. The number of aromatic nitrogens is 2. The normalized spacial score (nSPS) is 11.8. The van der Waals surface area contributed by atoms with Gasteiger partial charge in [-0.3, -0.25) is 4.79 Å². The van der Waals surface area contributed by atoms with Gasteiger partial charge in [0.2, 0.25) is 11.9 Å². The summed E-state index contributed by atoms with van der Waals surface area (Å²) in [6.45, 7) is 5.82. The molecule has 0 radical (unpaired) electrons. The first-order chi connectivity index (χ1) is 8.85. The fraction of sp³-hybridized carbons (Fsp3) is 0.500. The third kappa shape index (κ3) is 3.90. The smallest absolute Gasteiger partial charge is 0.354 e. The fourth-order valence-corrected chi connectivity index (χ4v) is 1.48. The Morgan fingerprint density at radius 2 is 2.11 bits per heavy atom. The van der Waals surface area contributed by atoms with Crippen molar-refractivity contribution in [3.63, 3.8) is 0 Å². The topological polar surface area (TPSA) is 95.4 Å². The molecule has 1 atom stereocenters. The number of carbonyl (C=O) groups excluding carboxylic acids is 1. The molecule has 1 heterocycles. The molecule has 0 aromatic carbocycles. The van der Waals surface area contributed by atoms with Gasteiger partial charge >= 0.3 is 5.97 Å². The third-order valence-corrected chi connectivity index (χ3v) is 2.64. The minimum absolute atomic E-state index is 0.0986. The predicted octanol–water partition coefficient (Wildman–Crippen LogP) is 0.762. The van der Waals surface area contributed by atoms with Crippen LogP contribution in [0.4, 0.5) is 5.95 Å². The second kappa shape index (κ2) is 6.12. The van der Waals surface area contributed by atoms with Gasteiger partial charge in [0.15, 0.2) is 5.69 Å². The van der Waals surface area contributed by atoms with Crippen LogP contribution in [0.25, 0.3) is 0 Å². The Kier molecular flexibility index (Phi) is 4.80. The second-order valence-electron chi connectivity index (χ2n) is 4.24. The lowest BCUT2D eigenvalue weighted by Crippen LogP contribution is -2.39. The molecule has 0 aliphatic rings. The number of carboxylic acids is 1. The maximum Gasteiger partial charge on any atom is 0.354 e. The van der Waals surface area contributed by atoms with Crippen LogP contribution in [-0.4, -0.2) is 51.5 Å². The standard InChI is InChI=1S/C12H18N4O3/c1-5-16(4)10(17)8(3)14-12-13-7(2)6-9(15-12)11(18)19/h6,8H,5H2,1-4H3,(H,18,19)(H,13,14,15). The maximum absolute atomic E-state index is 11.9. The molecular formula is C12H18N4O3. The minimum atomic E-state index is -1.13. The number of hydrogen-bond donors (Lipinski definition) is 2. The highest BCUT2D eigenvalue weighted by Gasteiger charge is 2.18. The van der Waals surface area contributed by atoms with Crippen molar-refractivity contribution >= 4 is 17.8 Å². The number of nitrogens with one attached hydrogen (secondary N) is 1. The van der Waals surface area contributed by atoms with E-state index in [0.717, 1.165) is 0 Å². The van der Waals surface area contributed by atoms with E-state index < -0.39 is 12.0 Å². The van der Waals surface area contributed by atoms with Crippen LogP contribution in [0.2, 0.25) is 0 Å². The number of amides is 1. The van der Waals surface area contributed by atoms with Crippen LogP contribution in [-0.2, 0) is 4.79 Å². The first kappa shape index (κ1) is 14.9. The van der Waals surface area contributed by atoms with Crippen molar-refractivity contribution in [1.82, 2.24) is 14.9 Å². The molecule has 1 aromatic rings. The molecule has 0 aliphatic heterocycles. The summed E-state index contributed by atoms with van der Waals surface area (Å²) in [6.07, 6.45) is 0. The number of anilines is 1. The van der Waals surface area contributed by atoms with Crippen LogP contribution in [0.15, 0.2) is 6.07 Å². The number of likely N-dealkylation sites (N-methyl/N-ethyl adjacent to an activating group) is 1. The van der Waals surface area contributed by atoms with Crippen LogP contribution in [0.5, 0.6) is 0 Å². The molecule has 19 heavy (non-hydrogen) atoms. The average Bonchev–Trinajstić information content (AvgIpc) is 2.35. The van der Waals surface area contributed by atoms with Crippen molar-refractivity contribution in [3.05, 3.63) is 17.5 Å². The lowest BCUT2D eigenvalue weighted by molar-refractivity contribution is -0.130. The van der Waals surface area contributed by atoms with Crippen LogP contribution in [0.1, 0.15) is 30.0 Å². The lowest BCUT2D eigenvalue weighted by atomic mass is 10.3. The molecule has 104 valence electrons. The zero-order chi connectivity index (χ0) is 14.6. The second-order valence-corrected chi connectivity index (χ2v) is 4.24. The summed E-state index contributed by atoms with van der Waals surface area (Å²) in [5.74, 6) is -1.09. The first-order valence-corrected chi connectivity index (χ1v) is 5.95. The number of aromatic carboxylic acids is 1. The summed E-state index contributed by atoms with van der Waals surface area (Å²) in [5, 5.41) is 11.7. The van der Waals surface area contributed by atoms with Crippen molar-refractivity contribution in [3.8, 4) is 0 Å². The fourth-order valence-electron chi connectivity index (χ4n) is 1.48. The summed E-state index contributed by atoms with van der Waals surface area (Å²) in [5.41, 5.74) is 0.428. The SMILES string of the molecule is CCN(C)C(=O)C(C)Nc1nc(C)cc(C(=O)O)n1. The van der Waals surface area contributed by atoms with Gasteiger partial charge in [0, 0.05) is 19.3 Å². The summed E-state index contributed by atoms with van der Waals surface area (Å²) in [4.78, 5) is 32.2. The largest absolute Gasteiger partial charge is 0.477 e. The Labute approximate surface area is 111 Å². The number of nitrogens with zero attached hydrogens (tertiary/aromatic N) is 3. The van der Waals surface area contributed by atoms with E-state index in [1.54, 1.807) is 25.8 Å². The van der Waals surface area contributed by atoms with Gasteiger partial charge in [0.25, 0.3) is 0 Å². The van der Waals surface area contributed by atoms with Crippen LogP contribution in [0.3, 0.4) is 0 Å². The Bertz CT molecular complexity index is 490. The molecule has 0 aliphatic carbocycles. The summed E-state index contributed by atoms with van der Waals surface area (Å²) >= 11 is 0. The van der Waals surface area contributed by atoms with E-state index in [1.165, 1.54) is 6.07 Å². The molecule has 0 saturated heterocycles. The third-order valence-electron chi connectivity index (χ3n) is 2.64. The quantitative estimate of drug-likeness (QED) is 0.817. The minimum Gasteiger partial charge on any atom is -0.477 e. The van der Waals surface area contributed by atoms with Crippen molar-refractivity contribution in [1.29, 1.82) is 0 Å². The number of carbonyl (C=O) groups is 2. The predicted molar refractivity (Wildman–Crippen MR) is 70.1 cm³/mol. The molecule has 0 fully saturated rings. The highest BCUT2D eigenvalue weighted by atomic mass is 16.4. The van der Waals surface area contributed by atoms with Gasteiger partial charge in [-0.05, 0) is 26.8 Å². The molecular weight excluding hydrogens is 248 g/mol. The first-order valence-electron chi connectivity index (χ1n) is 5.95. The molecule has 0 bridgehead atoms. The van der Waals surface area contributed by atoms with Crippen LogP contribution in [0, 0.1) is 6.92 Å². The van der Waals surface area contributed by atoms with Gasteiger partial charge in [-0.1, -0.05) is 0 Å². The van der Waals surface area contributed by atoms with Gasteiger partial charge in [-0.25, -0.2) is 14.8 Å². The van der Waals surface area contributed by atoms with Crippen molar-refractivity contribution < 1.29 is 14.7 Å². The van der Waals surface area contributed by atoms with Crippen molar-refractivity contribution in [2.75, 3.05) is 18.9 Å². The lowest BCUT2D eigenvalue weighted by Gasteiger charge is -2.20. The zero-order valence-corrected chi connectivity index (χ0v) is 11.5. The number of aryl methyl sites for hydroxylation is 1. The Morgan fingerprint density at radius 3 is 2.63 bits per heavy atom. The molecule has 2 N–H and O–H groups in total. The van der Waals surface area contributed by atoms with E-state index in [4.69, 9.17) is 5.11 Å². The molecule has 1 unspecified atom stereocenters. The van der Waals surface area contributed by atoms with E-state index in [9.17, 15) is 9.59 Å². The Hall–Kier alpha value is -2.18. The summed E-state index contributed by atoms with van der Waals surface area (Å²) in [7, 11) is 1.69. The Balaban J connectivity index is 2.87. The average molecular weight is 266 g/mol. The highest BCUT2D eigenvalue weighted by molar-refractivity contribution is 5.86. The monoisotopic (exact) mass is 266 g/mol. The number of rotatable bonds is 5. The van der Waals surface area contributed by atoms with Crippen LogP contribution >= 0.6 is 0 Å². The molecule has 0 saturated carbocycles. The van der Waals surface area contributed by atoms with E-state index in [1.807, 2.05) is 6.92 Å². The van der Waals surface area contributed by atoms with E-state index in [2.05, 4.69) is 15.3 Å². The van der Waals surface area contributed by atoms with Crippen LogP contribution < -0.4 is 5.32 Å². The molecule has 0 spiro atoms. The molecule has 1 rings (SSSR count).